The third kappa shape index (κ3) is 5.41. The average Bonchev–Trinajstić information content (AvgIpc) is 2.88. The summed E-state index contributed by atoms with van der Waals surface area (Å²) in [5.74, 6) is -1.72. The van der Waals surface area contributed by atoms with Crippen LogP contribution in [-0.4, -0.2) is 46.2 Å². The van der Waals surface area contributed by atoms with E-state index in [-0.39, 0.29) is 35.5 Å². The van der Waals surface area contributed by atoms with Gasteiger partial charge in [0.25, 0.3) is 21.6 Å². The number of hydrogen-bond acceptors (Lipinski definition) is 7. The largest absolute Gasteiger partial charge is 0.481 e. The molecule has 0 aliphatic carbocycles. The Morgan fingerprint density at radius 2 is 1.43 bits per heavy atom. The number of unbranched alkanes of at least 4 members (excludes halogenated alkanes) is 2. The van der Waals surface area contributed by atoms with E-state index in [4.69, 9.17) is 5.11 Å². The van der Waals surface area contributed by atoms with Crippen LogP contribution in [0.1, 0.15) is 36.0 Å². The van der Waals surface area contributed by atoms with Gasteiger partial charge < -0.3 is 5.11 Å². The fraction of sp³-hybridized carbons (Fsp3) is 0.192. The first-order valence-electron chi connectivity index (χ1n) is 11.5. The van der Waals surface area contributed by atoms with Crippen molar-refractivity contribution in [3.63, 3.8) is 0 Å². The molecule has 0 bridgehead atoms. The van der Waals surface area contributed by atoms with Gasteiger partial charge in [-0.25, -0.2) is 17.7 Å². The minimum absolute atomic E-state index is 0.0668. The first-order chi connectivity index (χ1) is 17.7. The van der Waals surface area contributed by atoms with E-state index >= 15 is 0 Å². The molecule has 11 heteroatoms. The molecule has 0 aliphatic heterocycles. The Hall–Kier alpha value is -4.38. The number of hydrogen-bond donors (Lipinski definition) is 1. The Morgan fingerprint density at radius 3 is 1.97 bits per heavy atom. The molecule has 0 aliphatic rings. The second-order valence-corrected chi connectivity index (χ2v) is 10.2. The Balaban J connectivity index is 1.81. The van der Waals surface area contributed by atoms with Crippen molar-refractivity contribution in [2.75, 3.05) is 6.54 Å². The number of rotatable bonds is 10. The van der Waals surface area contributed by atoms with Crippen molar-refractivity contribution in [3.05, 3.63) is 88.5 Å². The van der Waals surface area contributed by atoms with Crippen LogP contribution in [0.15, 0.2) is 77.7 Å². The molecule has 0 fully saturated rings. The summed E-state index contributed by atoms with van der Waals surface area (Å²) in [5, 5.41) is 20.9. The maximum Gasteiger partial charge on any atom is 0.303 e. The summed E-state index contributed by atoms with van der Waals surface area (Å²) in [5.41, 5.74) is 0.950. The molecule has 37 heavy (non-hydrogen) atoms. The number of carbonyl (C=O) groups is 2. The first kappa shape index (κ1) is 25.7. The number of amides is 1. The molecule has 0 saturated carbocycles. The number of para-hydroxylation sites is 2. The maximum atomic E-state index is 14.1. The van der Waals surface area contributed by atoms with E-state index in [2.05, 4.69) is 4.98 Å². The van der Waals surface area contributed by atoms with Crippen LogP contribution < -0.4 is 0 Å². The van der Waals surface area contributed by atoms with E-state index in [9.17, 15) is 28.1 Å². The number of aromatic nitrogens is 1. The van der Waals surface area contributed by atoms with Crippen molar-refractivity contribution in [1.29, 1.82) is 0 Å². The minimum Gasteiger partial charge on any atom is -0.481 e. The van der Waals surface area contributed by atoms with Gasteiger partial charge in [0.1, 0.15) is 0 Å². The van der Waals surface area contributed by atoms with Crippen molar-refractivity contribution in [2.45, 2.75) is 30.6 Å². The van der Waals surface area contributed by atoms with Gasteiger partial charge in [0.15, 0.2) is 0 Å². The summed E-state index contributed by atoms with van der Waals surface area (Å²) in [6.45, 7) is -0.192. The van der Waals surface area contributed by atoms with Gasteiger partial charge in [-0.15, -0.1) is 0 Å². The Morgan fingerprint density at radius 1 is 0.865 bits per heavy atom. The van der Waals surface area contributed by atoms with Crippen LogP contribution in [0.5, 0.6) is 0 Å². The van der Waals surface area contributed by atoms with Crippen LogP contribution >= 0.6 is 0 Å². The molecule has 0 atom stereocenters. The molecule has 10 nitrogen and oxygen atoms in total. The quantitative estimate of drug-likeness (QED) is 0.136. The van der Waals surface area contributed by atoms with Gasteiger partial charge >= 0.3 is 5.97 Å². The van der Waals surface area contributed by atoms with Crippen LogP contribution in [0.3, 0.4) is 0 Å². The number of non-ortho nitro benzene ring substituents is 1. The van der Waals surface area contributed by atoms with E-state index < -0.39 is 26.8 Å². The van der Waals surface area contributed by atoms with E-state index in [0.717, 1.165) is 28.6 Å². The topological polar surface area (TPSA) is 148 Å². The fourth-order valence-corrected chi connectivity index (χ4v) is 5.51. The predicted octanol–water partition coefficient (Wildman–Crippen LogP) is 4.77. The van der Waals surface area contributed by atoms with Crippen molar-refractivity contribution >= 4 is 49.4 Å². The molecule has 1 heterocycles. The Kier molecular flexibility index (Phi) is 7.44. The summed E-state index contributed by atoms with van der Waals surface area (Å²) in [4.78, 5) is 39.6. The molecule has 4 aromatic rings. The highest BCUT2D eigenvalue weighted by atomic mass is 32.2. The van der Waals surface area contributed by atoms with Gasteiger partial charge in [-0.2, -0.15) is 0 Å². The zero-order chi connectivity index (χ0) is 26.6. The SMILES string of the molecule is O=C(O)CCCCCN(C(=O)c1c2ccccc2nc2ccccc12)S(=O)(=O)c1ccc([N+](=O)[O-])cc1. The van der Waals surface area contributed by atoms with E-state index in [1.807, 2.05) is 0 Å². The molecule has 190 valence electrons. The lowest BCUT2D eigenvalue weighted by molar-refractivity contribution is -0.384. The van der Waals surface area contributed by atoms with Gasteiger partial charge in [0.05, 0.1) is 26.4 Å². The van der Waals surface area contributed by atoms with Gasteiger partial charge in [0.2, 0.25) is 0 Å². The smallest absolute Gasteiger partial charge is 0.303 e. The molecule has 1 amide bonds. The number of nitro groups is 1. The van der Waals surface area contributed by atoms with Gasteiger partial charge in [-0.1, -0.05) is 42.8 Å². The Bertz CT molecular complexity index is 1550. The van der Waals surface area contributed by atoms with Crippen molar-refractivity contribution < 1.29 is 28.0 Å². The van der Waals surface area contributed by atoms with Gasteiger partial charge in [0, 0.05) is 35.9 Å². The molecule has 3 aromatic carbocycles. The monoisotopic (exact) mass is 521 g/mol. The Labute approximate surface area is 212 Å². The molecular weight excluding hydrogens is 498 g/mol. The lowest BCUT2D eigenvalue weighted by Crippen LogP contribution is -2.38. The highest BCUT2D eigenvalue weighted by Crippen LogP contribution is 2.30. The summed E-state index contributed by atoms with van der Waals surface area (Å²) < 4.78 is 28.2. The summed E-state index contributed by atoms with van der Waals surface area (Å²) in [6.07, 6.45) is 0.897. The van der Waals surface area contributed by atoms with E-state index in [1.54, 1.807) is 48.5 Å². The van der Waals surface area contributed by atoms with E-state index in [1.165, 1.54) is 0 Å². The van der Waals surface area contributed by atoms with E-state index in [0.29, 0.717) is 34.6 Å². The number of nitro benzene ring substituents is 1. The molecule has 1 aromatic heterocycles. The molecule has 0 radical (unpaired) electrons. The van der Waals surface area contributed by atoms with Crippen LogP contribution in [0.2, 0.25) is 0 Å². The average molecular weight is 522 g/mol. The molecule has 1 N–H and O–H groups in total. The van der Waals surface area contributed by atoms with Crippen LogP contribution in [0.25, 0.3) is 21.8 Å². The zero-order valence-corrected chi connectivity index (χ0v) is 20.4. The standard InChI is InChI=1S/C26H23N3O7S/c30-24(31)12-2-1-7-17-28(37(35,36)19-15-13-18(14-16-19)29(33)34)26(32)25-20-8-3-5-10-22(20)27-23-11-6-4-9-21(23)25/h3-6,8-11,13-16H,1-2,7,12,17H2,(H,30,31). The number of benzene rings is 3. The predicted molar refractivity (Wildman–Crippen MR) is 137 cm³/mol. The minimum atomic E-state index is -4.41. The molecule has 0 unspecified atom stereocenters. The molecule has 0 spiro atoms. The van der Waals surface area contributed by atoms with Crippen molar-refractivity contribution in [2.24, 2.45) is 0 Å². The summed E-state index contributed by atoms with van der Waals surface area (Å²) >= 11 is 0. The number of carboxylic acid groups (broad SMARTS) is 1. The molecule has 4 rings (SSSR count). The van der Waals surface area contributed by atoms with Crippen LogP contribution in [0, 0.1) is 10.1 Å². The number of sulfonamides is 1. The summed E-state index contributed by atoms with van der Waals surface area (Å²) in [7, 11) is -4.41. The molecular formula is C26H23N3O7S. The number of pyridine rings is 1. The van der Waals surface area contributed by atoms with Crippen molar-refractivity contribution in [1.82, 2.24) is 9.29 Å². The maximum absolute atomic E-state index is 14.1. The normalized spacial score (nSPS) is 11.5. The molecule has 0 saturated heterocycles. The number of nitrogens with zero attached hydrogens (tertiary/aromatic N) is 3. The summed E-state index contributed by atoms with van der Waals surface area (Å²) in [6, 6.07) is 18.2. The number of carboxylic acids is 1. The number of aliphatic carboxylic acids is 1. The second kappa shape index (κ2) is 10.7. The second-order valence-electron chi connectivity index (χ2n) is 8.36. The van der Waals surface area contributed by atoms with Gasteiger partial charge in [-0.3, -0.25) is 19.7 Å². The first-order valence-corrected chi connectivity index (χ1v) is 12.9. The zero-order valence-electron chi connectivity index (χ0n) is 19.6. The number of carbonyl (C=O) groups excluding carboxylic acids is 1. The van der Waals surface area contributed by atoms with Crippen LogP contribution in [0.4, 0.5) is 5.69 Å². The highest BCUT2D eigenvalue weighted by molar-refractivity contribution is 7.89. The van der Waals surface area contributed by atoms with Gasteiger partial charge in [-0.05, 0) is 37.1 Å². The van der Waals surface area contributed by atoms with Crippen molar-refractivity contribution in [3.8, 4) is 0 Å². The lowest BCUT2D eigenvalue weighted by atomic mass is 10.0. The van der Waals surface area contributed by atoms with Crippen LogP contribution in [-0.2, 0) is 14.8 Å². The number of fused-ring (bicyclic) bond motifs is 2. The fourth-order valence-electron chi connectivity index (χ4n) is 4.10. The lowest BCUT2D eigenvalue weighted by Gasteiger charge is -2.24. The third-order valence-electron chi connectivity index (χ3n) is 5.92. The highest BCUT2D eigenvalue weighted by Gasteiger charge is 2.32. The third-order valence-corrected chi connectivity index (χ3v) is 7.71.